The van der Waals surface area contributed by atoms with Crippen LogP contribution in [0.4, 0.5) is 0 Å². The van der Waals surface area contributed by atoms with Crippen molar-refractivity contribution >= 4 is 5.97 Å². The van der Waals surface area contributed by atoms with Gasteiger partial charge >= 0.3 is 5.97 Å². The summed E-state index contributed by atoms with van der Waals surface area (Å²) in [6, 6.07) is 17.8. The summed E-state index contributed by atoms with van der Waals surface area (Å²) >= 11 is 0. The molecule has 0 aliphatic rings. The maximum Gasteiger partial charge on any atom is 0.310 e. The van der Waals surface area contributed by atoms with Crippen LogP contribution in [0.5, 0.6) is 0 Å². The Balaban J connectivity index is 2.28. The molecule has 0 aliphatic heterocycles. The van der Waals surface area contributed by atoms with Gasteiger partial charge in [0.1, 0.15) is 0 Å². The van der Waals surface area contributed by atoms with Crippen molar-refractivity contribution in [2.24, 2.45) is 0 Å². The van der Waals surface area contributed by atoms with Gasteiger partial charge in [0.05, 0.1) is 5.92 Å². The number of hydrogen-bond acceptors (Lipinski definition) is 1. The smallest absolute Gasteiger partial charge is 0.310 e. The molecule has 0 radical (unpaired) electrons. The van der Waals surface area contributed by atoms with Gasteiger partial charge < -0.3 is 5.11 Å². The SMILES string of the molecule is CC[C@@H](C(=O)O)c1ccc(-c2ccccc2)cc1. The van der Waals surface area contributed by atoms with Gasteiger partial charge in [0.25, 0.3) is 0 Å². The maximum absolute atomic E-state index is 11.1. The van der Waals surface area contributed by atoms with E-state index in [1.54, 1.807) is 0 Å². The van der Waals surface area contributed by atoms with Crippen LogP contribution in [-0.4, -0.2) is 11.1 Å². The fourth-order valence-corrected chi connectivity index (χ4v) is 2.09. The van der Waals surface area contributed by atoms with Crippen LogP contribution in [0.15, 0.2) is 54.6 Å². The number of hydrogen-bond donors (Lipinski definition) is 1. The van der Waals surface area contributed by atoms with Gasteiger partial charge in [-0.05, 0) is 23.1 Å². The highest BCUT2D eigenvalue weighted by atomic mass is 16.4. The molecule has 0 aromatic heterocycles. The fourth-order valence-electron chi connectivity index (χ4n) is 2.09. The Hall–Kier alpha value is -2.09. The monoisotopic (exact) mass is 240 g/mol. The molecule has 0 spiro atoms. The second-order valence-electron chi connectivity index (χ2n) is 4.29. The molecule has 0 aliphatic carbocycles. The average Bonchev–Trinajstić information content (AvgIpc) is 2.41. The first kappa shape index (κ1) is 12.4. The van der Waals surface area contributed by atoms with Crippen LogP contribution < -0.4 is 0 Å². The number of aliphatic carboxylic acids is 1. The van der Waals surface area contributed by atoms with E-state index < -0.39 is 11.9 Å². The minimum atomic E-state index is -0.759. The summed E-state index contributed by atoms with van der Waals surface area (Å²) in [5, 5.41) is 9.11. The molecule has 2 rings (SSSR count). The molecule has 0 bridgehead atoms. The highest BCUT2D eigenvalue weighted by Gasteiger charge is 2.16. The van der Waals surface area contributed by atoms with Gasteiger partial charge in [-0.25, -0.2) is 0 Å². The zero-order valence-electron chi connectivity index (χ0n) is 10.3. The predicted octanol–water partition coefficient (Wildman–Crippen LogP) is 3.93. The van der Waals surface area contributed by atoms with Gasteiger partial charge in [-0.3, -0.25) is 4.79 Å². The Morgan fingerprint density at radius 1 is 1.00 bits per heavy atom. The molecule has 1 N–H and O–H groups in total. The first-order valence-corrected chi connectivity index (χ1v) is 6.10. The van der Waals surface area contributed by atoms with E-state index in [0.717, 1.165) is 16.7 Å². The van der Waals surface area contributed by atoms with Crippen molar-refractivity contribution in [2.45, 2.75) is 19.3 Å². The number of benzene rings is 2. The summed E-state index contributed by atoms with van der Waals surface area (Å²) in [4.78, 5) is 11.1. The molecule has 92 valence electrons. The fraction of sp³-hybridized carbons (Fsp3) is 0.188. The lowest BCUT2D eigenvalue weighted by molar-refractivity contribution is -0.138. The predicted molar refractivity (Wildman–Crippen MR) is 72.5 cm³/mol. The van der Waals surface area contributed by atoms with Crippen molar-refractivity contribution in [3.63, 3.8) is 0 Å². The standard InChI is InChI=1S/C16H16O2/c1-2-15(16(17)18)14-10-8-13(9-11-14)12-6-4-3-5-7-12/h3-11,15H,2H2,1H3,(H,17,18)/t15-/m1/s1. The molecular weight excluding hydrogens is 224 g/mol. The average molecular weight is 240 g/mol. The van der Waals surface area contributed by atoms with Gasteiger partial charge in [0.15, 0.2) is 0 Å². The summed E-state index contributed by atoms with van der Waals surface area (Å²) in [5.74, 6) is -1.17. The molecule has 18 heavy (non-hydrogen) atoms. The van der Waals surface area contributed by atoms with Crippen LogP contribution in [0.25, 0.3) is 11.1 Å². The third-order valence-corrected chi connectivity index (χ3v) is 3.13. The van der Waals surface area contributed by atoms with E-state index in [1.165, 1.54) is 0 Å². The summed E-state index contributed by atoms with van der Waals surface area (Å²) in [7, 11) is 0. The highest BCUT2D eigenvalue weighted by Crippen LogP contribution is 2.24. The summed E-state index contributed by atoms with van der Waals surface area (Å²) < 4.78 is 0. The van der Waals surface area contributed by atoms with Gasteiger partial charge in [0.2, 0.25) is 0 Å². The lowest BCUT2D eigenvalue weighted by atomic mass is 9.94. The van der Waals surface area contributed by atoms with Gasteiger partial charge in [-0.1, -0.05) is 61.5 Å². The molecule has 0 saturated heterocycles. The number of carboxylic acid groups (broad SMARTS) is 1. The van der Waals surface area contributed by atoms with Crippen LogP contribution in [0.1, 0.15) is 24.8 Å². The van der Waals surface area contributed by atoms with Crippen molar-refractivity contribution in [1.82, 2.24) is 0 Å². The van der Waals surface area contributed by atoms with E-state index in [9.17, 15) is 4.79 Å². The van der Waals surface area contributed by atoms with Crippen molar-refractivity contribution in [1.29, 1.82) is 0 Å². The largest absolute Gasteiger partial charge is 0.481 e. The van der Waals surface area contributed by atoms with Gasteiger partial charge in [-0.2, -0.15) is 0 Å². The molecule has 0 fully saturated rings. The number of carboxylic acids is 1. The van der Waals surface area contributed by atoms with E-state index in [2.05, 4.69) is 0 Å². The molecule has 1 atom stereocenters. The van der Waals surface area contributed by atoms with Crippen molar-refractivity contribution < 1.29 is 9.90 Å². The van der Waals surface area contributed by atoms with Crippen molar-refractivity contribution in [3.05, 3.63) is 60.2 Å². The van der Waals surface area contributed by atoms with Crippen LogP contribution in [0.3, 0.4) is 0 Å². The second-order valence-corrected chi connectivity index (χ2v) is 4.29. The molecule has 2 nitrogen and oxygen atoms in total. The first-order chi connectivity index (χ1) is 8.72. The van der Waals surface area contributed by atoms with Crippen LogP contribution in [-0.2, 0) is 4.79 Å². The van der Waals surface area contributed by atoms with Crippen LogP contribution >= 0.6 is 0 Å². The molecule has 0 heterocycles. The topological polar surface area (TPSA) is 37.3 Å². The molecular formula is C16H16O2. The van der Waals surface area contributed by atoms with Crippen molar-refractivity contribution in [2.75, 3.05) is 0 Å². The zero-order valence-corrected chi connectivity index (χ0v) is 10.3. The van der Waals surface area contributed by atoms with Crippen LogP contribution in [0.2, 0.25) is 0 Å². The zero-order chi connectivity index (χ0) is 13.0. The minimum absolute atomic E-state index is 0.408. The number of rotatable bonds is 4. The molecule has 2 aromatic carbocycles. The van der Waals surface area contributed by atoms with E-state index in [0.29, 0.717) is 6.42 Å². The Kier molecular flexibility index (Phi) is 3.78. The van der Waals surface area contributed by atoms with E-state index in [4.69, 9.17) is 5.11 Å². The third kappa shape index (κ3) is 2.59. The Morgan fingerprint density at radius 2 is 1.56 bits per heavy atom. The van der Waals surface area contributed by atoms with Crippen molar-refractivity contribution in [3.8, 4) is 11.1 Å². The van der Waals surface area contributed by atoms with E-state index in [-0.39, 0.29) is 0 Å². The molecule has 0 amide bonds. The molecule has 0 saturated carbocycles. The quantitative estimate of drug-likeness (QED) is 0.879. The number of carbonyl (C=O) groups is 1. The summed E-state index contributed by atoms with van der Waals surface area (Å²) in [5.41, 5.74) is 3.12. The van der Waals surface area contributed by atoms with Gasteiger partial charge in [0, 0.05) is 0 Å². The Labute approximate surface area is 107 Å². The normalized spacial score (nSPS) is 12.1. The highest BCUT2D eigenvalue weighted by molar-refractivity contribution is 5.76. The molecule has 2 heteroatoms. The Bertz CT molecular complexity index is 515. The van der Waals surface area contributed by atoms with E-state index >= 15 is 0 Å². The minimum Gasteiger partial charge on any atom is -0.481 e. The lowest BCUT2D eigenvalue weighted by Gasteiger charge is -2.10. The van der Waals surface area contributed by atoms with E-state index in [1.807, 2.05) is 61.5 Å². The maximum atomic E-state index is 11.1. The van der Waals surface area contributed by atoms with Gasteiger partial charge in [-0.15, -0.1) is 0 Å². The third-order valence-electron chi connectivity index (χ3n) is 3.13. The summed E-state index contributed by atoms with van der Waals surface area (Å²) in [6.45, 7) is 1.89. The Morgan fingerprint density at radius 3 is 2.06 bits per heavy atom. The summed E-state index contributed by atoms with van der Waals surface area (Å²) in [6.07, 6.45) is 0.611. The first-order valence-electron chi connectivity index (χ1n) is 6.10. The second kappa shape index (κ2) is 5.50. The molecule has 0 unspecified atom stereocenters. The lowest BCUT2D eigenvalue weighted by Crippen LogP contribution is -2.10. The van der Waals surface area contributed by atoms with Crippen LogP contribution in [0, 0.1) is 0 Å². The molecule has 2 aromatic rings.